The van der Waals surface area contributed by atoms with Crippen LogP contribution in [-0.4, -0.2) is 5.91 Å². The van der Waals surface area contributed by atoms with Crippen LogP contribution in [0.1, 0.15) is 37.8 Å². The number of hydrogen-bond acceptors (Lipinski definition) is 1. The zero-order valence-electron chi connectivity index (χ0n) is 14.8. The smallest absolute Gasteiger partial charge is 0.223 e. The zero-order valence-corrected chi connectivity index (χ0v) is 14.8. The molecule has 126 valence electrons. The molecule has 0 aliphatic heterocycles. The van der Waals surface area contributed by atoms with Gasteiger partial charge in [0.2, 0.25) is 5.91 Å². The molecule has 3 aromatic rings. The molecule has 3 aromatic carbocycles. The number of carbonyl (C=O) groups excluding carboxylic acids is 1. The fraction of sp³-hybridized carbons (Fsp3) is 0.261. The lowest BCUT2D eigenvalue weighted by atomic mass is 9.80. The van der Waals surface area contributed by atoms with E-state index in [0.717, 1.165) is 19.3 Å². The Balaban J connectivity index is 1.89. The Morgan fingerprint density at radius 2 is 1.56 bits per heavy atom. The minimum Gasteiger partial charge on any atom is -0.369 e. The standard InChI is InChI=1S/C23H23NO/c1-3-23(2,22(24)25)14-15-12-20-18-10-6-4-8-16(18)17-9-5-7-11-19(17)21(20)13-15/h4-12H,3,13-14H2,1-2H3,(H2,24,25). The molecule has 0 heterocycles. The van der Waals surface area contributed by atoms with Crippen LogP contribution in [0.15, 0.2) is 54.1 Å². The number of amides is 1. The third kappa shape index (κ3) is 2.44. The van der Waals surface area contributed by atoms with Crippen LogP contribution in [0, 0.1) is 5.41 Å². The van der Waals surface area contributed by atoms with Crippen LogP contribution in [0.4, 0.5) is 0 Å². The Hall–Kier alpha value is -2.61. The summed E-state index contributed by atoms with van der Waals surface area (Å²) in [7, 11) is 0. The highest BCUT2D eigenvalue weighted by molar-refractivity contribution is 6.13. The molecule has 2 nitrogen and oxygen atoms in total. The predicted molar refractivity (Wildman–Crippen MR) is 105 cm³/mol. The highest BCUT2D eigenvalue weighted by atomic mass is 16.1. The van der Waals surface area contributed by atoms with Crippen molar-refractivity contribution in [3.8, 4) is 0 Å². The number of allylic oxidation sites excluding steroid dienone is 1. The van der Waals surface area contributed by atoms with E-state index in [1.54, 1.807) is 0 Å². The molecule has 1 amide bonds. The summed E-state index contributed by atoms with van der Waals surface area (Å²) in [5, 5.41) is 5.21. The van der Waals surface area contributed by atoms with Crippen LogP contribution in [0.5, 0.6) is 0 Å². The Labute approximate surface area is 148 Å². The van der Waals surface area contributed by atoms with Gasteiger partial charge in [-0.05, 0) is 51.9 Å². The van der Waals surface area contributed by atoms with Crippen LogP contribution in [0.25, 0.3) is 27.6 Å². The maximum atomic E-state index is 11.9. The van der Waals surface area contributed by atoms with Crippen molar-refractivity contribution in [3.05, 3.63) is 65.2 Å². The van der Waals surface area contributed by atoms with Crippen LogP contribution in [0.3, 0.4) is 0 Å². The molecule has 0 aromatic heterocycles. The van der Waals surface area contributed by atoms with E-state index in [-0.39, 0.29) is 5.91 Å². The van der Waals surface area contributed by atoms with E-state index < -0.39 is 5.41 Å². The fourth-order valence-corrected chi connectivity index (χ4v) is 4.08. The van der Waals surface area contributed by atoms with Gasteiger partial charge in [0.1, 0.15) is 0 Å². The molecule has 0 fully saturated rings. The van der Waals surface area contributed by atoms with Crippen molar-refractivity contribution < 1.29 is 4.79 Å². The van der Waals surface area contributed by atoms with Crippen molar-refractivity contribution in [2.24, 2.45) is 11.1 Å². The summed E-state index contributed by atoms with van der Waals surface area (Å²) >= 11 is 0. The molecular weight excluding hydrogens is 306 g/mol. The molecule has 4 rings (SSSR count). The lowest BCUT2D eigenvalue weighted by molar-refractivity contribution is -0.126. The molecule has 0 saturated heterocycles. The number of primary amides is 1. The van der Waals surface area contributed by atoms with Gasteiger partial charge < -0.3 is 5.73 Å². The Morgan fingerprint density at radius 3 is 2.16 bits per heavy atom. The maximum absolute atomic E-state index is 11.9. The van der Waals surface area contributed by atoms with E-state index in [9.17, 15) is 4.79 Å². The van der Waals surface area contributed by atoms with Crippen LogP contribution in [-0.2, 0) is 11.2 Å². The predicted octanol–water partition coefficient (Wildman–Crippen LogP) is 5.22. The minimum absolute atomic E-state index is 0.207. The third-order valence-electron chi connectivity index (χ3n) is 5.83. The Morgan fingerprint density at radius 1 is 1.00 bits per heavy atom. The normalized spacial score (nSPS) is 15.8. The first kappa shape index (κ1) is 15.9. The summed E-state index contributed by atoms with van der Waals surface area (Å²) < 4.78 is 0. The molecule has 0 bridgehead atoms. The summed E-state index contributed by atoms with van der Waals surface area (Å²) in [5.74, 6) is -0.207. The molecule has 25 heavy (non-hydrogen) atoms. The van der Waals surface area contributed by atoms with E-state index in [1.807, 2.05) is 13.8 Å². The van der Waals surface area contributed by atoms with Gasteiger partial charge in [0, 0.05) is 5.41 Å². The van der Waals surface area contributed by atoms with Gasteiger partial charge in [0.05, 0.1) is 0 Å². The summed E-state index contributed by atoms with van der Waals surface area (Å²) in [4.78, 5) is 11.9. The summed E-state index contributed by atoms with van der Waals surface area (Å²) in [6, 6.07) is 17.2. The zero-order chi connectivity index (χ0) is 17.6. The van der Waals surface area contributed by atoms with Gasteiger partial charge in [-0.1, -0.05) is 74.0 Å². The molecule has 0 spiro atoms. The van der Waals surface area contributed by atoms with Gasteiger partial charge in [-0.25, -0.2) is 0 Å². The molecule has 0 saturated carbocycles. The van der Waals surface area contributed by atoms with Gasteiger partial charge in [-0.15, -0.1) is 0 Å². The Bertz CT molecular complexity index is 1030. The monoisotopic (exact) mass is 329 g/mol. The lowest BCUT2D eigenvalue weighted by Crippen LogP contribution is -2.34. The summed E-state index contributed by atoms with van der Waals surface area (Å²) in [5.41, 5.74) is 9.21. The van der Waals surface area contributed by atoms with Gasteiger partial charge in [-0.3, -0.25) is 4.79 Å². The fourth-order valence-electron chi connectivity index (χ4n) is 4.08. The van der Waals surface area contributed by atoms with E-state index in [2.05, 4.69) is 54.6 Å². The van der Waals surface area contributed by atoms with Crippen LogP contribution in [0.2, 0.25) is 0 Å². The van der Waals surface area contributed by atoms with Gasteiger partial charge in [0.25, 0.3) is 0 Å². The van der Waals surface area contributed by atoms with Gasteiger partial charge in [0.15, 0.2) is 0 Å². The number of rotatable bonds is 4. The highest BCUT2D eigenvalue weighted by Crippen LogP contribution is 2.42. The van der Waals surface area contributed by atoms with Gasteiger partial charge >= 0.3 is 0 Å². The minimum atomic E-state index is -0.473. The van der Waals surface area contributed by atoms with Crippen molar-refractivity contribution in [2.75, 3.05) is 0 Å². The van der Waals surface area contributed by atoms with Gasteiger partial charge in [-0.2, -0.15) is 0 Å². The molecule has 2 heteroatoms. The summed E-state index contributed by atoms with van der Waals surface area (Å²) in [6.45, 7) is 4.02. The Kier molecular flexibility index (Phi) is 3.64. The van der Waals surface area contributed by atoms with Crippen LogP contribution < -0.4 is 5.73 Å². The largest absolute Gasteiger partial charge is 0.369 e. The average molecular weight is 329 g/mol. The second-order valence-corrected chi connectivity index (χ2v) is 7.42. The third-order valence-corrected chi connectivity index (χ3v) is 5.83. The molecule has 2 N–H and O–H groups in total. The van der Waals surface area contributed by atoms with Crippen molar-refractivity contribution >= 4 is 33.5 Å². The number of carbonyl (C=O) groups is 1. The number of fused-ring (bicyclic) bond motifs is 6. The van der Waals surface area contributed by atoms with E-state index >= 15 is 0 Å². The van der Waals surface area contributed by atoms with E-state index in [0.29, 0.717) is 0 Å². The van der Waals surface area contributed by atoms with E-state index in [4.69, 9.17) is 5.73 Å². The first-order valence-electron chi connectivity index (χ1n) is 8.95. The first-order valence-corrected chi connectivity index (χ1v) is 8.95. The lowest BCUT2D eigenvalue weighted by Gasteiger charge is -2.24. The topological polar surface area (TPSA) is 43.1 Å². The van der Waals surface area contributed by atoms with Crippen molar-refractivity contribution in [3.63, 3.8) is 0 Å². The summed E-state index contributed by atoms with van der Waals surface area (Å²) in [6.07, 6.45) is 4.69. The number of benzene rings is 3. The SMILES string of the molecule is CCC(C)(CC1=Cc2c(c3ccccc3c3ccccc23)C1)C(N)=O. The molecule has 0 radical (unpaired) electrons. The number of hydrogen-bond donors (Lipinski definition) is 1. The second-order valence-electron chi connectivity index (χ2n) is 7.42. The quantitative estimate of drug-likeness (QED) is 0.655. The molecule has 1 unspecified atom stereocenters. The average Bonchev–Trinajstić information content (AvgIpc) is 3.05. The first-order chi connectivity index (χ1) is 12.0. The van der Waals surface area contributed by atoms with Crippen LogP contribution >= 0.6 is 0 Å². The molecule has 1 aliphatic rings. The molecule has 1 atom stereocenters. The molecular formula is C23H23NO. The maximum Gasteiger partial charge on any atom is 0.223 e. The highest BCUT2D eigenvalue weighted by Gasteiger charge is 2.32. The van der Waals surface area contributed by atoms with Crippen molar-refractivity contribution in [1.82, 2.24) is 0 Å². The number of nitrogens with two attached hydrogens (primary N) is 1. The van der Waals surface area contributed by atoms with Crippen molar-refractivity contribution in [1.29, 1.82) is 0 Å². The second kappa shape index (κ2) is 5.73. The van der Waals surface area contributed by atoms with Crippen molar-refractivity contribution in [2.45, 2.75) is 33.1 Å². The molecule has 1 aliphatic carbocycles. The van der Waals surface area contributed by atoms with E-state index in [1.165, 1.54) is 38.2 Å².